The molecule has 2 aromatic rings. The molecule has 124 valence electrons. The van der Waals surface area contributed by atoms with Gasteiger partial charge in [-0.2, -0.15) is 0 Å². The van der Waals surface area contributed by atoms with Crippen LogP contribution < -0.4 is 9.64 Å². The van der Waals surface area contributed by atoms with E-state index in [2.05, 4.69) is 0 Å². The molecule has 0 unspecified atom stereocenters. The van der Waals surface area contributed by atoms with E-state index in [0.29, 0.717) is 0 Å². The van der Waals surface area contributed by atoms with Gasteiger partial charge in [-0.15, -0.1) is 0 Å². The molecule has 0 radical (unpaired) electrons. The molecule has 0 fully saturated rings. The Labute approximate surface area is 141 Å². The minimum Gasteiger partial charge on any atom is -0.476 e. The van der Waals surface area contributed by atoms with Crippen LogP contribution in [0.2, 0.25) is 5.02 Å². The van der Waals surface area contributed by atoms with Crippen molar-refractivity contribution in [3.05, 3.63) is 57.4 Å². The number of carbonyl (C=O) groups excluding carboxylic acids is 1. The molecular weight excluding hydrogens is 339 g/mol. The molecule has 24 heavy (non-hydrogen) atoms. The van der Waals surface area contributed by atoms with Crippen molar-refractivity contribution in [2.75, 3.05) is 4.90 Å². The minimum absolute atomic E-state index is 0.0186. The van der Waals surface area contributed by atoms with E-state index in [0.717, 1.165) is 11.0 Å². The molecule has 2 aromatic carbocycles. The summed E-state index contributed by atoms with van der Waals surface area (Å²) in [4.78, 5) is 24.3. The van der Waals surface area contributed by atoms with Gasteiger partial charge in [0.25, 0.3) is 11.6 Å². The van der Waals surface area contributed by atoms with Crippen molar-refractivity contribution in [1.82, 2.24) is 0 Å². The molecule has 1 aliphatic heterocycles. The maximum Gasteiger partial charge on any atom is 0.291 e. The van der Waals surface area contributed by atoms with Crippen LogP contribution in [0.1, 0.15) is 13.8 Å². The summed E-state index contributed by atoms with van der Waals surface area (Å²) in [6.07, 6.45) is 0. The van der Waals surface area contributed by atoms with Crippen LogP contribution in [0, 0.1) is 15.9 Å². The number of nitro benzene ring substituents is 1. The van der Waals surface area contributed by atoms with Gasteiger partial charge in [-0.3, -0.25) is 19.8 Å². The molecule has 0 saturated heterocycles. The predicted molar refractivity (Wildman–Crippen MR) is 86.4 cm³/mol. The lowest BCUT2D eigenvalue weighted by Crippen LogP contribution is -2.50. The zero-order valence-corrected chi connectivity index (χ0v) is 13.5. The fourth-order valence-electron chi connectivity index (χ4n) is 2.50. The fourth-order valence-corrected chi connectivity index (χ4v) is 2.72. The number of benzene rings is 2. The normalized spacial score (nSPS) is 15.7. The van der Waals surface area contributed by atoms with Crippen LogP contribution >= 0.6 is 11.6 Å². The Kier molecular flexibility index (Phi) is 3.68. The maximum absolute atomic E-state index is 14.2. The second-order valence-corrected chi connectivity index (χ2v) is 6.14. The zero-order valence-electron chi connectivity index (χ0n) is 12.7. The summed E-state index contributed by atoms with van der Waals surface area (Å²) in [6, 6.07) is 8.11. The SMILES string of the molecule is CC1(C)Oc2cc([N+](=O)[O-])c(Cl)cc2N(c2ccccc2F)C1=O. The Balaban J connectivity index is 2.28. The number of nitrogens with zero attached hydrogens (tertiary/aromatic N) is 2. The number of halogens is 2. The third-order valence-corrected chi connectivity index (χ3v) is 3.95. The molecule has 0 bridgehead atoms. The predicted octanol–water partition coefficient (Wildman–Crippen LogP) is 4.22. The molecular formula is C16H12ClFN2O4. The highest BCUT2D eigenvalue weighted by atomic mass is 35.5. The first kappa shape index (κ1) is 16.2. The average Bonchev–Trinajstić information content (AvgIpc) is 2.50. The first-order valence-corrected chi connectivity index (χ1v) is 7.36. The molecule has 0 aromatic heterocycles. The summed E-state index contributed by atoms with van der Waals surface area (Å²) in [5.74, 6) is -1.03. The number of ether oxygens (including phenoxy) is 1. The monoisotopic (exact) mass is 350 g/mol. The van der Waals surface area contributed by atoms with Gasteiger partial charge in [0.05, 0.1) is 22.4 Å². The summed E-state index contributed by atoms with van der Waals surface area (Å²) in [5.41, 5.74) is -1.50. The maximum atomic E-state index is 14.2. The Hall–Kier alpha value is -2.67. The third-order valence-electron chi connectivity index (χ3n) is 3.64. The van der Waals surface area contributed by atoms with Gasteiger partial charge in [-0.25, -0.2) is 4.39 Å². The average molecular weight is 351 g/mol. The second-order valence-electron chi connectivity index (χ2n) is 5.73. The van der Waals surface area contributed by atoms with E-state index in [1.165, 1.54) is 38.1 Å². The Bertz CT molecular complexity index is 869. The van der Waals surface area contributed by atoms with Gasteiger partial charge in [-0.05, 0) is 32.0 Å². The van der Waals surface area contributed by atoms with Gasteiger partial charge in [0.2, 0.25) is 0 Å². The molecule has 0 saturated carbocycles. The molecule has 1 heterocycles. The lowest BCUT2D eigenvalue weighted by molar-refractivity contribution is -0.384. The van der Waals surface area contributed by atoms with E-state index >= 15 is 0 Å². The molecule has 0 N–H and O–H groups in total. The van der Waals surface area contributed by atoms with Crippen molar-refractivity contribution >= 4 is 34.6 Å². The molecule has 1 aliphatic rings. The molecule has 3 rings (SSSR count). The summed E-state index contributed by atoms with van der Waals surface area (Å²) in [7, 11) is 0. The van der Waals surface area contributed by atoms with Crippen LogP contribution in [0.25, 0.3) is 0 Å². The Morgan fingerprint density at radius 2 is 1.92 bits per heavy atom. The van der Waals surface area contributed by atoms with Gasteiger partial charge in [0.15, 0.2) is 11.4 Å². The highest BCUT2D eigenvalue weighted by Crippen LogP contribution is 2.46. The quantitative estimate of drug-likeness (QED) is 0.600. The Morgan fingerprint density at radius 3 is 2.54 bits per heavy atom. The van der Waals surface area contributed by atoms with Crippen LogP contribution in [0.15, 0.2) is 36.4 Å². The summed E-state index contributed by atoms with van der Waals surface area (Å²) >= 11 is 5.94. The van der Waals surface area contributed by atoms with Crippen molar-refractivity contribution in [2.45, 2.75) is 19.4 Å². The summed E-state index contributed by atoms with van der Waals surface area (Å²) < 4.78 is 19.8. The number of anilines is 2. The summed E-state index contributed by atoms with van der Waals surface area (Å²) in [5, 5.41) is 10.9. The van der Waals surface area contributed by atoms with E-state index in [4.69, 9.17) is 16.3 Å². The van der Waals surface area contributed by atoms with Crippen LogP contribution in [0.3, 0.4) is 0 Å². The van der Waals surface area contributed by atoms with E-state index < -0.39 is 22.2 Å². The number of hydrogen-bond donors (Lipinski definition) is 0. The smallest absolute Gasteiger partial charge is 0.291 e. The summed E-state index contributed by atoms with van der Waals surface area (Å²) in [6.45, 7) is 3.01. The largest absolute Gasteiger partial charge is 0.476 e. The van der Waals surface area contributed by atoms with Gasteiger partial charge in [0.1, 0.15) is 10.8 Å². The number of hydrogen-bond acceptors (Lipinski definition) is 4. The molecule has 6 nitrogen and oxygen atoms in total. The van der Waals surface area contributed by atoms with Crippen molar-refractivity contribution in [3.63, 3.8) is 0 Å². The molecule has 0 spiro atoms. The van der Waals surface area contributed by atoms with Gasteiger partial charge in [0, 0.05) is 0 Å². The minimum atomic E-state index is -1.32. The van der Waals surface area contributed by atoms with Crippen molar-refractivity contribution in [2.24, 2.45) is 0 Å². The van der Waals surface area contributed by atoms with E-state index in [9.17, 15) is 19.3 Å². The van der Waals surface area contributed by atoms with Crippen molar-refractivity contribution in [3.8, 4) is 5.75 Å². The highest BCUT2D eigenvalue weighted by Gasteiger charge is 2.43. The van der Waals surface area contributed by atoms with E-state index in [1.807, 2.05) is 0 Å². The molecule has 8 heteroatoms. The number of nitro groups is 1. The number of amides is 1. The number of para-hydroxylation sites is 1. The van der Waals surface area contributed by atoms with Gasteiger partial charge < -0.3 is 4.74 Å². The second kappa shape index (κ2) is 5.45. The van der Waals surface area contributed by atoms with Crippen LogP contribution in [-0.2, 0) is 4.79 Å². The number of fused-ring (bicyclic) bond motifs is 1. The number of rotatable bonds is 2. The fraction of sp³-hybridized carbons (Fsp3) is 0.188. The van der Waals surface area contributed by atoms with Gasteiger partial charge >= 0.3 is 0 Å². The van der Waals surface area contributed by atoms with Crippen LogP contribution in [0.5, 0.6) is 5.75 Å². The highest BCUT2D eigenvalue weighted by molar-refractivity contribution is 6.33. The standard InChI is InChI=1S/C16H12ClFN2O4/c1-16(2)15(21)19(11-6-4-3-5-10(11)18)13-7-9(17)12(20(22)23)8-14(13)24-16/h3-8H,1-2H3. The topological polar surface area (TPSA) is 72.7 Å². The molecule has 0 atom stereocenters. The van der Waals surface area contributed by atoms with Gasteiger partial charge in [-0.1, -0.05) is 23.7 Å². The van der Waals surface area contributed by atoms with Crippen LogP contribution in [-0.4, -0.2) is 16.4 Å². The number of carbonyl (C=O) groups is 1. The zero-order chi connectivity index (χ0) is 17.6. The molecule has 0 aliphatic carbocycles. The van der Waals surface area contributed by atoms with Crippen LogP contribution in [0.4, 0.5) is 21.5 Å². The van der Waals surface area contributed by atoms with E-state index in [-0.39, 0.29) is 27.8 Å². The third kappa shape index (κ3) is 2.46. The first-order chi connectivity index (χ1) is 11.2. The molecule has 1 amide bonds. The lowest BCUT2D eigenvalue weighted by atomic mass is 10.0. The Morgan fingerprint density at radius 1 is 1.25 bits per heavy atom. The van der Waals surface area contributed by atoms with Crippen molar-refractivity contribution < 1.29 is 18.8 Å². The van der Waals surface area contributed by atoms with E-state index in [1.54, 1.807) is 6.07 Å². The first-order valence-electron chi connectivity index (χ1n) is 6.98. The lowest BCUT2D eigenvalue weighted by Gasteiger charge is -2.38. The van der Waals surface area contributed by atoms with Crippen molar-refractivity contribution in [1.29, 1.82) is 0 Å².